The summed E-state index contributed by atoms with van der Waals surface area (Å²) in [4.78, 5) is 47.5. The monoisotopic (exact) mass is 534 g/mol. The zero-order valence-electron chi connectivity index (χ0n) is 21.1. The molecular formula is C32H22O8. The summed E-state index contributed by atoms with van der Waals surface area (Å²) in [5.74, 6) is -1.87. The molecule has 0 spiro atoms. The summed E-state index contributed by atoms with van der Waals surface area (Å²) in [5, 5.41) is 1.63. The fourth-order valence-electron chi connectivity index (χ4n) is 3.60. The molecule has 0 bridgehead atoms. The Balaban J connectivity index is 1.55. The Morgan fingerprint density at radius 1 is 0.500 bits per heavy atom. The highest BCUT2D eigenvalue weighted by Crippen LogP contribution is 2.34. The maximum atomic E-state index is 12.7. The molecule has 8 heteroatoms. The zero-order valence-corrected chi connectivity index (χ0v) is 21.1. The molecule has 0 N–H and O–H groups in total. The van der Waals surface area contributed by atoms with Gasteiger partial charge in [0.1, 0.15) is 11.5 Å². The van der Waals surface area contributed by atoms with Gasteiger partial charge in [-0.15, -0.1) is 0 Å². The Kier molecular flexibility index (Phi) is 8.31. The van der Waals surface area contributed by atoms with Crippen molar-refractivity contribution in [2.24, 2.45) is 0 Å². The fourth-order valence-corrected chi connectivity index (χ4v) is 3.60. The number of fused-ring (bicyclic) bond motifs is 1. The molecular weight excluding hydrogens is 512 g/mol. The Bertz CT molecular complexity index is 1660. The highest BCUT2D eigenvalue weighted by molar-refractivity contribution is 5.97. The molecule has 0 fully saturated rings. The second-order valence-corrected chi connectivity index (χ2v) is 8.17. The summed E-state index contributed by atoms with van der Waals surface area (Å²) < 4.78 is 20.9. The minimum Gasteiger partial charge on any atom is -0.423 e. The van der Waals surface area contributed by atoms with Crippen LogP contribution in [0.1, 0.15) is 10.4 Å². The molecule has 0 aromatic heterocycles. The van der Waals surface area contributed by atoms with Gasteiger partial charge in [0.05, 0.1) is 5.56 Å². The van der Waals surface area contributed by atoms with Crippen molar-refractivity contribution in [3.05, 3.63) is 122 Å². The van der Waals surface area contributed by atoms with E-state index in [-0.39, 0.29) is 17.2 Å². The van der Waals surface area contributed by atoms with Crippen LogP contribution < -0.4 is 18.9 Å². The van der Waals surface area contributed by atoms with Crippen LogP contribution in [0.4, 0.5) is 0 Å². The minimum atomic E-state index is -0.710. The van der Waals surface area contributed by atoms with Crippen LogP contribution in [0.5, 0.6) is 23.0 Å². The molecule has 4 aromatic rings. The van der Waals surface area contributed by atoms with Crippen molar-refractivity contribution in [3.8, 4) is 34.1 Å². The Hall–Kier alpha value is -5.76. The molecule has 0 amide bonds. The molecule has 198 valence electrons. The largest absolute Gasteiger partial charge is 0.423 e. The topological polar surface area (TPSA) is 105 Å². The molecule has 0 aliphatic heterocycles. The van der Waals surface area contributed by atoms with Crippen molar-refractivity contribution in [2.75, 3.05) is 0 Å². The fraction of sp³-hybridized carbons (Fsp3) is 0. The lowest BCUT2D eigenvalue weighted by atomic mass is 9.99. The van der Waals surface area contributed by atoms with Gasteiger partial charge in [-0.1, -0.05) is 44.0 Å². The van der Waals surface area contributed by atoms with E-state index in [4.69, 9.17) is 18.9 Å². The predicted molar refractivity (Wildman–Crippen MR) is 148 cm³/mol. The summed E-state index contributed by atoms with van der Waals surface area (Å²) in [6, 6.07) is 21.6. The van der Waals surface area contributed by atoms with Gasteiger partial charge in [-0.05, 0) is 76.5 Å². The number of rotatable bonds is 9. The molecule has 0 atom stereocenters. The molecule has 0 aliphatic carbocycles. The van der Waals surface area contributed by atoms with Crippen LogP contribution in [0.25, 0.3) is 21.9 Å². The van der Waals surface area contributed by atoms with Gasteiger partial charge in [0.2, 0.25) is 0 Å². The lowest BCUT2D eigenvalue weighted by Crippen LogP contribution is -2.08. The normalized spacial score (nSPS) is 10.2. The number of carbonyl (C=O) groups excluding carboxylic acids is 4. The van der Waals surface area contributed by atoms with E-state index in [2.05, 4.69) is 19.7 Å². The van der Waals surface area contributed by atoms with Crippen molar-refractivity contribution in [2.45, 2.75) is 0 Å². The van der Waals surface area contributed by atoms with Crippen LogP contribution in [-0.2, 0) is 14.4 Å². The van der Waals surface area contributed by atoms with E-state index in [1.54, 1.807) is 30.3 Å². The van der Waals surface area contributed by atoms with E-state index in [1.807, 2.05) is 18.2 Å². The van der Waals surface area contributed by atoms with E-state index < -0.39 is 23.9 Å². The first-order valence-corrected chi connectivity index (χ1v) is 11.8. The van der Waals surface area contributed by atoms with E-state index in [0.717, 1.165) is 34.6 Å². The number of carbonyl (C=O) groups is 4. The van der Waals surface area contributed by atoms with Crippen LogP contribution in [0, 0.1) is 0 Å². The van der Waals surface area contributed by atoms with Crippen molar-refractivity contribution in [3.63, 3.8) is 0 Å². The molecule has 0 saturated carbocycles. The molecule has 0 radical (unpaired) electrons. The molecule has 0 aliphatic rings. The first kappa shape index (κ1) is 27.3. The zero-order chi connectivity index (χ0) is 28.6. The van der Waals surface area contributed by atoms with Crippen LogP contribution in [0.15, 0.2) is 117 Å². The van der Waals surface area contributed by atoms with E-state index in [9.17, 15) is 19.2 Å². The van der Waals surface area contributed by atoms with Crippen LogP contribution in [0.3, 0.4) is 0 Å². The minimum absolute atomic E-state index is 0.0442. The second-order valence-electron chi connectivity index (χ2n) is 8.17. The van der Waals surface area contributed by atoms with Crippen molar-refractivity contribution in [1.82, 2.24) is 0 Å². The highest BCUT2D eigenvalue weighted by Gasteiger charge is 2.14. The van der Waals surface area contributed by atoms with E-state index in [1.165, 1.54) is 30.3 Å². The van der Waals surface area contributed by atoms with E-state index in [0.29, 0.717) is 16.9 Å². The number of benzene rings is 4. The first-order valence-electron chi connectivity index (χ1n) is 11.8. The SMILES string of the molecule is C=CC(=O)Oc1ccc(OC(=O)c2ccc3cc(-c4ccc(OC(=O)C=C)c(OC(=O)C=C)c4)ccc3c2)cc1. The van der Waals surface area contributed by atoms with Gasteiger partial charge in [-0.2, -0.15) is 0 Å². The van der Waals surface area contributed by atoms with E-state index >= 15 is 0 Å². The third-order valence-electron chi connectivity index (χ3n) is 5.53. The number of ether oxygens (including phenoxy) is 4. The molecule has 0 saturated heterocycles. The van der Waals surface area contributed by atoms with Gasteiger partial charge < -0.3 is 18.9 Å². The molecule has 0 heterocycles. The Morgan fingerprint density at radius 3 is 1.65 bits per heavy atom. The van der Waals surface area contributed by atoms with Crippen LogP contribution >= 0.6 is 0 Å². The number of hydrogen-bond acceptors (Lipinski definition) is 8. The average Bonchev–Trinajstić information content (AvgIpc) is 2.98. The van der Waals surface area contributed by atoms with Crippen LogP contribution in [-0.4, -0.2) is 23.9 Å². The smallest absolute Gasteiger partial charge is 0.343 e. The number of esters is 4. The van der Waals surface area contributed by atoms with Crippen molar-refractivity contribution < 1.29 is 38.1 Å². The summed E-state index contributed by atoms with van der Waals surface area (Å²) in [7, 11) is 0. The van der Waals surface area contributed by atoms with Gasteiger partial charge in [0.15, 0.2) is 11.5 Å². The van der Waals surface area contributed by atoms with Gasteiger partial charge in [0, 0.05) is 18.2 Å². The van der Waals surface area contributed by atoms with Gasteiger partial charge in [0.25, 0.3) is 0 Å². The van der Waals surface area contributed by atoms with Gasteiger partial charge in [-0.3, -0.25) is 0 Å². The maximum absolute atomic E-state index is 12.7. The van der Waals surface area contributed by atoms with Gasteiger partial charge in [-0.25, -0.2) is 19.2 Å². The Labute approximate surface area is 229 Å². The molecule has 0 unspecified atom stereocenters. The summed E-state index contributed by atoms with van der Waals surface area (Å²) in [6.45, 7) is 10.1. The lowest BCUT2D eigenvalue weighted by molar-refractivity contribution is -0.131. The summed E-state index contributed by atoms with van der Waals surface area (Å²) >= 11 is 0. The number of hydrogen-bond donors (Lipinski definition) is 0. The molecule has 4 aromatic carbocycles. The quantitative estimate of drug-likeness (QED) is 0.146. The third-order valence-corrected chi connectivity index (χ3v) is 5.53. The summed E-state index contributed by atoms with van der Waals surface area (Å²) in [6.07, 6.45) is 3.05. The molecule has 8 nitrogen and oxygen atoms in total. The van der Waals surface area contributed by atoms with Gasteiger partial charge >= 0.3 is 23.9 Å². The average molecular weight is 535 g/mol. The third kappa shape index (κ3) is 6.56. The van der Waals surface area contributed by atoms with Crippen molar-refractivity contribution >= 4 is 34.6 Å². The first-order chi connectivity index (χ1) is 19.3. The summed E-state index contributed by atoms with van der Waals surface area (Å²) in [5.41, 5.74) is 1.82. The van der Waals surface area contributed by atoms with Crippen LogP contribution in [0.2, 0.25) is 0 Å². The highest BCUT2D eigenvalue weighted by atomic mass is 16.6. The standard InChI is InChI=1S/C32H22O8/c1-4-29(33)37-25-12-14-26(15-13-25)38-32(36)24-10-9-20-17-21(7-8-22(20)18-24)23-11-16-27(39-30(34)5-2)28(19-23)40-31(35)6-3/h4-19H,1-3H2. The predicted octanol–water partition coefficient (Wildman–Crippen LogP) is 6.00. The second kappa shape index (κ2) is 12.2. The molecule has 4 rings (SSSR count). The molecule has 40 heavy (non-hydrogen) atoms. The van der Waals surface area contributed by atoms with Crippen molar-refractivity contribution in [1.29, 1.82) is 0 Å². The maximum Gasteiger partial charge on any atom is 0.343 e. The Morgan fingerprint density at radius 2 is 1.00 bits per heavy atom. The lowest BCUT2D eigenvalue weighted by Gasteiger charge is -2.12.